The van der Waals surface area contributed by atoms with Crippen LogP contribution in [0.5, 0.6) is 5.75 Å². The lowest BCUT2D eigenvalue weighted by Crippen LogP contribution is -2.17. The summed E-state index contributed by atoms with van der Waals surface area (Å²) in [6, 6.07) is 12.8. The molecule has 0 aliphatic heterocycles. The Bertz CT molecular complexity index is 886. The highest BCUT2D eigenvalue weighted by atomic mass is 19.4. The topological polar surface area (TPSA) is 64.3 Å². The van der Waals surface area contributed by atoms with Crippen molar-refractivity contribution in [1.29, 1.82) is 0 Å². The van der Waals surface area contributed by atoms with Gasteiger partial charge in [0, 0.05) is 12.6 Å². The lowest BCUT2D eigenvalue weighted by Gasteiger charge is -2.09. The number of alkyl halides is 3. The van der Waals surface area contributed by atoms with Gasteiger partial charge in [0.1, 0.15) is 12.1 Å². The summed E-state index contributed by atoms with van der Waals surface area (Å²) >= 11 is 0. The molecule has 0 fully saturated rings. The predicted molar refractivity (Wildman–Crippen MR) is 90.1 cm³/mol. The number of halogens is 3. The highest BCUT2D eigenvalue weighted by Crippen LogP contribution is 2.24. The van der Waals surface area contributed by atoms with Crippen molar-refractivity contribution in [2.75, 3.05) is 7.05 Å². The van der Waals surface area contributed by atoms with E-state index in [2.05, 4.69) is 25.3 Å². The molecule has 0 bridgehead atoms. The first-order valence-electron chi connectivity index (χ1n) is 7.53. The van der Waals surface area contributed by atoms with E-state index < -0.39 is 6.36 Å². The number of nitrogens with zero attached hydrogens (tertiary/aromatic N) is 4. The molecule has 0 aliphatic carbocycles. The fourth-order valence-electron chi connectivity index (χ4n) is 2.18. The second-order valence-electron chi connectivity index (χ2n) is 5.16. The molecule has 0 saturated carbocycles. The summed E-state index contributed by atoms with van der Waals surface area (Å²) in [4.78, 5) is 4.23. The number of hydrogen-bond acceptors (Lipinski definition) is 5. The molecule has 1 aromatic heterocycles. The lowest BCUT2D eigenvalue weighted by molar-refractivity contribution is -0.274. The number of rotatable bonds is 5. The van der Waals surface area contributed by atoms with Gasteiger partial charge in [0.15, 0.2) is 5.82 Å². The summed E-state index contributed by atoms with van der Waals surface area (Å²) in [5.41, 5.74) is 4.96. The summed E-state index contributed by atoms with van der Waals surface area (Å²) < 4.78 is 41.9. The second kappa shape index (κ2) is 7.26. The number of nitrogens with one attached hydrogen (secondary N) is 1. The molecule has 3 rings (SSSR count). The van der Waals surface area contributed by atoms with E-state index in [0.717, 1.165) is 11.1 Å². The molecule has 0 radical (unpaired) electrons. The SMILES string of the molecule is CN/N=C/c1ccc(-c2ncn(-c3ccc(OC(F)(F)F)cc3)n2)cc1. The molecule has 0 amide bonds. The van der Waals surface area contributed by atoms with Gasteiger partial charge in [-0.25, -0.2) is 9.67 Å². The Balaban J connectivity index is 1.76. The van der Waals surface area contributed by atoms with Gasteiger partial charge in [-0.05, 0) is 29.8 Å². The first-order chi connectivity index (χ1) is 12.4. The number of ether oxygens (including phenoxy) is 1. The van der Waals surface area contributed by atoms with Crippen LogP contribution in [-0.2, 0) is 0 Å². The number of hydrazone groups is 1. The maximum Gasteiger partial charge on any atom is 0.573 e. The average Bonchev–Trinajstić information content (AvgIpc) is 3.10. The van der Waals surface area contributed by atoms with Crippen LogP contribution in [0.4, 0.5) is 13.2 Å². The Hall–Kier alpha value is -3.36. The van der Waals surface area contributed by atoms with Crippen LogP contribution in [0.3, 0.4) is 0 Å². The smallest absolute Gasteiger partial charge is 0.406 e. The van der Waals surface area contributed by atoms with Crippen LogP contribution >= 0.6 is 0 Å². The van der Waals surface area contributed by atoms with Gasteiger partial charge in [-0.2, -0.15) is 5.10 Å². The quantitative estimate of drug-likeness (QED) is 0.559. The van der Waals surface area contributed by atoms with Crippen LogP contribution in [0.15, 0.2) is 60.0 Å². The second-order valence-corrected chi connectivity index (χ2v) is 5.16. The van der Waals surface area contributed by atoms with Crippen LogP contribution in [0, 0.1) is 0 Å². The standard InChI is InChI=1S/C17H14F3N5O/c1-21-23-10-12-2-4-13(5-3-12)16-22-11-25(24-16)14-6-8-15(9-7-14)26-17(18,19)20/h2-11,21H,1H3/b23-10+. The molecule has 9 heteroatoms. The monoisotopic (exact) mass is 361 g/mol. The van der Waals surface area contributed by atoms with Gasteiger partial charge in [-0.15, -0.1) is 18.3 Å². The Labute approximate surface area is 146 Å². The van der Waals surface area contributed by atoms with Gasteiger partial charge in [0.05, 0.1) is 11.9 Å². The van der Waals surface area contributed by atoms with E-state index >= 15 is 0 Å². The molecule has 1 N–H and O–H groups in total. The highest BCUT2D eigenvalue weighted by molar-refractivity contribution is 5.80. The Morgan fingerprint density at radius 1 is 1.08 bits per heavy atom. The van der Waals surface area contributed by atoms with E-state index in [9.17, 15) is 13.2 Å². The Morgan fingerprint density at radius 3 is 2.38 bits per heavy atom. The van der Waals surface area contributed by atoms with Gasteiger partial charge in [-0.3, -0.25) is 0 Å². The van der Waals surface area contributed by atoms with Gasteiger partial charge < -0.3 is 10.2 Å². The van der Waals surface area contributed by atoms with Crippen LogP contribution in [0.2, 0.25) is 0 Å². The van der Waals surface area contributed by atoms with Crippen LogP contribution in [0.1, 0.15) is 5.56 Å². The van der Waals surface area contributed by atoms with E-state index in [0.29, 0.717) is 11.5 Å². The van der Waals surface area contributed by atoms with Crippen LogP contribution in [0.25, 0.3) is 17.1 Å². The van der Waals surface area contributed by atoms with Crippen molar-refractivity contribution in [3.63, 3.8) is 0 Å². The van der Waals surface area contributed by atoms with Gasteiger partial charge in [0.25, 0.3) is 0 Å². The summed E-state index contributed by atoms with van der Waals surface area (Å²) in [6.45, 7) is 0. The molecule has 26 heavy (non-hydrogen) atoms. The van der Waals surface area contributed by atoms with Gasteiger partial charge in [-0.1, -0.05) is 24.3 Å². The predicted octanol–water partition coefficient (Wildman–Crippen LogP) is 3.39. The Kier molecular flexibility index (Phi) is 4.87. The number of benzene rings is 2. The zero-order valence-electron chi connectivity index (χ0n) is 13.6. The molecular weight excluding hydrogens is 347 g/mol. The minimum Gasteiger partial charge on any atom is -0.406 e. The Morgan fingerprint density at radius 2 is 1.77 bits per heavy atom. The van der Waals surface area contributed by atoms with E-state index in [1.807, 2.05) is 24.3 Å². The van der Waals surface area contributed by atoms with E-state index in [4.69, 9.17) is 0 Å². The zero-order valence-corrected chi connectivity index (χ0v) is 13.6. The van der Waals surface area contributed by atoms with Crippen LogP contribution in [-0.4, -0.2) is 34.4 Å². The molecule has 0 saturated heterocycles. The van der Waals surface area contributed by atoms with Crippen molar-refractivity contribution in [1.82, 2.24) is 20.2 Å². The van der Waals surface area contributed by atoms with Gasteiger partial charge in [0.2, 0.25) is 0 Å². The fraction of sp³-hybridized carbons (Fsp3) is 0.118. The molecule has 0 spiro atoms. The molecule has 0 unspecified atom stereocenters. The lowest BCUT2D eigenvalue weighted by atomic mass is 10.1. The molecule has 6 nitrogen and oxygen atoms in total. The van der Waals surface area contributed by atoms with Crippen molar-refractivity contribution in [2.45, 2.75) is 6.36 Å². The van der Waals surface area contributed by atoms with Crippen molar-refractivity contribution < 1.29 is 17.9 Å². The summed E-state index contributed by atoms with van der Waals surface area (Å²) in [6.07, 6.45) is -1.54. The molecule has 1 heterocycles. The summed E-state index contributed by atoms with van der Waals surface area (Å²) in [7, 11) is 1.71. The third kappa shape index (κ3) is 4.38. The average molecular weight is 361 g/mol. The number of hydrogen-bond donors (Lipinski definition) is 1. The zero-order chi connectivity index (χ0) is 18.6. The molecule has 3 aromatic rings. The first kappa shape index (κ1) is 17.5. The summed E-state index contributed by atoms with van der Waals surface area (Å²) in [5.74, 6) is 0.207. The fourth-order valence-corrected chi connectivity index (χ4v) is 2.18. The molecular formula is C17H14F3N5O. The molecule has 0 atom stereocenters. The third-order valence-electron chi connectivity index (χ3n) is 3.34. The van der Waals surface area contributed by atoms with Crippen molar-refractivity contribution in [2.24, 2.45) is 5.10 Å². The maximum absolute atomic E-state index is 12.2. The minimum atomic E-state index is -4.72. The van der Waals surface area contributed by atoms with Crippen LogP contribution < -0.4 is 10.2 Å². The van der Waals surface area contributed by atoms with Crippen molar-refractivity contribution in [3.05, 3.63) is 60.4 Å². The summed E-state index contributed by atoms with van der Waals surface area (Å²) in [5, 5.41) is 8.27. The molecule has 2 aromatic carbocycles. The highest BCUT2D eigenvalue weighted by Gasteiger charge is 2.30. The third-order valence-corrected chi connectivity index (χ3v) is 3.34. The van der Waals surface area contributed by atoms with Crippen molar-refractivity contribution in [3.8, 4) is 22.8 Å². The van der Waals surface area contributed by atoms with Crippen molar-refractivity contribution >= 4 is 6.21 Å². The minimum absolute atomic E-state index is 0.291. The van der Waals surface area contributed by atoms with E-state index in [1.54, 1.807) is 13.3 Å². The first-order valence-corrected chi connectivity index (χ1v) is 7.53. The normalized spacial score (nSPS) is 11.7. The molecule has 134 valence electrons. The van der Waals surface area contributed by atoms with Gasteiger partial charge >= 0.3 is 6.36 Å². The van der Waals surface area contributed by atoms with E-state index in [-0.39, 0.29) is 5.75 Å². The molecule has 0 aliphatic rings. The maximum atomic E-state index is 12.2. The largest absolute Gasteiger partial charge is 0.573 e. The number of aromatic nitrogens is 3. The van der Waals surface area contributed by atoms with E-state index in [1.165, 1.54) is 35.3 Å².